The van der Waals surface area contributed by atoms with Gasteiger partial charge in [-0.2, -0.15) is 0 Å². The first-order chi connectivity index (χ1) is 12.7. The summed E-state index contributed by atoms with van der Waals surface area (Å²) in [6, 6.07) is 8.54. The highest BCUT2D eigenvalue weighted by atomic mass is 79.9. The van der Waals surface area contributed by atoms with Crippen molar-refractivity contribution in [3.05, 3.63) is 45.4 Å². The van der Waals surface area contributed by atoms with Crippen molar-refractivity contribution in [3.63, 3.8) is 0 Å². The Morgan fingerprint density at radius 1 is 1.00 bits per heavy atom. The number of hydrogen-bond donors (Lipinski definition) is 1. The summed E-state index contributed by atoms with van der Waals surface area (Å²) in [5.41, 5.74) is 3.76. The van der Waals surface area contributed by atoms with Crippen molar-refractivity contribution < 1.29 is 24.3 Å². The molecule has 0 radical (unpaired) electrons. The lowest BCUT2D eigenvalue weighted by atomic mass is 9.89. The maximum Gasteiger partial charge on any atom is 0.231 e. The molecule has 26 heavy (non-hydrogen) atoms. The topological polar surface area (TPSA) is 53.5 Å². The van der Waals surface area contributed by atoms with Gasteiger partial charge >= 0.3 is 0 Å². The van der Waals surface area contributed by atoms with Gasteiger partial charge in [0.05, 0.1) is 19.8 Å². The van der Waals surface area contributed by atoms with Crippen LogP contribution in [-0.4, -0.2) is 26.6 Å². The zero-order valence-electron chi connectivity index (χ0n) is 15.0. The third kappa shape index (κ3) is 3.12. The summed E-state index contributed by atoms with van der Waals surface area (Å²) in [6.07, 6.45) is 1.01. The number of nitrogens with two attached hydrogens (primary N) is 1. The summed E-state index contributed by atoms with van der Waals surface area (Å²) < 4.78 is 23.7. The van der Waals surface area contributed by atoms with Crippen molar-refractivity contribution in [1.82, 2.24) is 0 Å². The van der Waals surface area contributed by atoms with Crippen molar-refractivity contribution in [1.29, 1.82) is 0 Å². The molecule has 4 rings (SSSR count). The molecule has 0 aliphatic carbocycles. The number of benzene rings is 2. The van der Waals surface area contributed by atoms with Crippen LogP contribution in [0.4, 0.5) is 0 Å². The minimum atomic E-state index is 0.178. The second-order valence-electron chi connectivity index (χ2n) is 6.34. The van der Waals surface area contributed by atoms with E-state index in [1.165, 1.54) is 16.7 Å². The summed E-state index contributed by atoms with van der Waals surface area (Å²) >= 11 is 3.71. The number of halogens is 1. The van der Waals surface area contributed by atoms with Gasteiger partial charge in [0.25, 0.3) is 0 Å². The van der Waals surface area contributed by atoms with Crippen LogP contribution in [0.25, 0.3) is 0 Å². The van der Waals surface area contributed by atoms with Crippen molar-refractivity contribution in [2.45, 2.75) is 26.3 Å². The van der Waals surface area contributed by atoms with Gasteiger partial charge in [0.15, 0.2) is 23.0 Å². The van der Waals surface area contributed by atoms with Gasteiger partial charge < -0.3 is 24.3 Å². The molecule has 5 nitrogen and oxygen atoms in total. The molecule has 138 valence electrons. The van der Waals surface area contributed by atoms with Crippen LogP contribution < -0.4 is 24.3 Å². The van der Waals surface area contributed by atoms with E-state index in [1.807, 2.05) is 19.9 Å². The lowest BCUT2D eigenvalue weighted by molar-refractivity contribution is -0.690. The van der Waals surface area contributed by atoms with Gasteiger partial charge in [0.1, 0.15) is 6.04 Å². The fraction of sp³-hybridized carbons (Fsp3) is 0.400. The molecule has 0 bridgehead atoms. The van der Waals surface area contributed by atoms with Gasteiger partial charge in [0, 0.05) is 22.0 Å². The number of rotatable bonds is 5. The van der Waals surface area contributed by atoms with Gasteiger partial charge in [0.2, 0.25) is 6.79 Å². The molecule has 0 unspecified atom stereocenters. The molecular formula is C20H23BrNO4+. The second kappa shape index (κ2) is 7.37. The number of ether oxygens (including phenoxy) is 4. The fourth-order valence-corrected chi connectivity index (χ4v) is 4.23. The van der Waals surface area contributed by atoms with Crippen LogP contribution in [0.2, 0.25) is 0 Å². The highest BCUT2D eigenvalue weighted by Crippen LogP contribution is 2.42. The highest BCUT2D eigenvalue weighted by Gasteiger charge is 2.30. The fourth-order valence-electron chi connectivity index (χ4n) is 3.66. The first-order valence-corrected chi connectivity index (χ1v) is 9.85. The molecular weight excluding hydrogens is 398 g/mol. The number of hydrogen-bond acceptors (Lipinski definition) is 4. The second-order valence-corrected chi connectivity index (χ2v) is 7.20. The zero-order valence-corrected chi connectivity index (χ0v) is 16.6. The van der Waals surface area contributed by atoms with Gasteiger partial charge in [-0.25, -0.2) is 0 Å². The van der Waals surface area contributed by atoms with E-state index in [0.29, 0.717) is 13.2 Å². The molecule has 6 heteroatoms. The number of quaternary nitrogens is 1. The SMILES string of the molecule is CCOc1cc2c(cc1OCC)[C@H](c1cc3c(cc1Br)OCO3)[NH2+]CC2. The molecule has 0 amide bonds. The lowest BCUT2D eigenvalue weighted by Gasteiger charge is -2.26. The van der Waals surface area contributed by atoms with Crippen LogP contribution in [-0.2, 0) is 6.42 Å². The molecule has 2 aromatic carbocycles. The maximum atomic E-state index is 5.85. The van der Waals surface area contributed by atoms with Gasteiger partial charge in [-0.1, -0.05) is 15.9 Å². The van der Waals surface area contributed by atoms with E-state index < -0.39 is 0 Å². The summed E-state index contributed by atoms with van der Waals surface area (Å²) in [7, 11) is 0. The van der Waals surface area contributed by atoms with E-state index in [4.69, 9.17) is 18.9 Å². The average Bonchev–Trinajstić information content (AvgIpc) is 3.09. The van der Waals surface area contributed by atoms with Crippen molar-refractivity contribution in [2.75, 3.05) is 26.6 Å². The molecule has 0 aromatic heterocycles. The Morgan fingerprint density at radius 2 is 1.69 bits per heavy atom. The molecule has 2 aliphatic heterocycles. The smallest absolute Gasteiger partial charge is 0.231 e. The van der Waals surface area contributed by atoms with E-state index in [-0.39, 0.29) is 12.8 Å². The Kier molecular flexibility index (Phi) is 4.96. The van der Waals surface area contributed by atoms with Crippen LogP contribution >= 0.6 is 15.9 Å². The van der Waals surface area contributed by atoms with E-state index >= 15 is 0 Å². The van der Waals surface area contributed by atoms with Crippen LogP contribution in [0.3, 0.4) is 0 Å². The van der Waals surface area contributed by atoms with Gasteiger partial charge in [-0.15, -0.1) is 0 Å². The molecule has 2 heterocycles. The quantitative estimate of drug-likeness (QED) is 0.806. The van der Waals surface area contributed by atoms with E-state index in [1.54, 1.807) is 0 Å². The zero-order chi connectivity index (χ0) is 18.1. The van der Waals surface area contributed by atoms with Crippen LogP contribution in [0.5, 0.6) is 23.0 Å². The molecule has 0 saturated heterocycles. The Hall–Kier alpha value is -1.92. The first kappa shape index (κ1) is 17.5. The normalized spacial score (nSPS) is 17.7. The van der Waals surface area contributed by atoms with Gasteiger partial charge in [-0.3, -0.25) is 0 Å². The van der Waals surface area contributed by atoms with Crippen LogP contribution in [0, 0.1) is 0 Å². The predicted octanol–water partition coefficient (Wildman–Crippen LogP) is 3.18. The molecule has 2 N–H and O–H groups in total. The molecule has 1 atom stereocenters. The summed E-state index contributed by atoms with van der Waals surface area (Å²) in [4.78, 5) is 0. The third-order valence-corrected chi connectivity index (χ3v) is 5.47. The van der Waals surface area contributed by atoms with Crippen LogP contribution in [0.15, 0.2) is 28.7 Å². The molecule has 0 saturated carbocycles. The predicted molar refractivity (Wildman–Crippen MR) is 101 cm³/mol. The largest absolute Gasteiger partial charge is 0.490 e. The number of fused-ring (bicyclic) bond motifs is 2. The van der Waals surface area contributed by atoms with Crippen molar-refractivity contribution in [2.24, 2.45) is 0 Å². The Balaban J connectivity index is 1.78. The molecule has 0 fully saturated rings. The molecule has 2 aliphatic rings. The summed E-state index contributed by atoms with van der Waals surface area (Å²) in [5.74, 6) is 3.24. The van der Waals surface area contributed by atoms with E-state index in [0.717, 1.165) is 40.4 Å². The first-order valence-electron chi connectivity index (χ1n) is 9.06. The average molecular weight is 421 g/mol. The van der Waals surface area contributed by atoms with Crippen molar-refractivity contribution in [3.8, 4) is 23.0 Å². The summed E-state index contributed by atoms with van der Waals surface area (Å²) in [6.45, 7) is 6.53. The Labute approximate surface area is 161 Å². The van der Waals surface area contributed by atoms with Crippen molar-refractivity contribution >= 4 is 15.9 Å². The van der Waals surface area contributed by atoms with E-state index in [9.17, 15) is 0 Å². The Morgan fingerprint density at radius 3 is 2.42 bits per heavy atom. The van der Waals surface area contributed by atoms with E-state index in [2.05, 4.69) is 39.4 Å². The molecule has 2 aromatic rings. The standard InChI is InChI=1S/C20H22BrNO4/c1-3-23-16-7-12-5-6-22-20(13(12)8-17(16)24-4-2)14-9-18-19(10-15(14)21)26-11-25-18/h7-10,20,22H,3-6,11H2,1-2H3/p+1/t20-/m1/s1. The Bertz CT molecular complexity index is 824. The van der Waals surface area contributed by atoms with Gasteiger partial charge in [-0.05, 0) is 43.7 Å². The minimum absolute atomic E-state index is 0.178. The highest BCUT2D eigenvalue weighted by molar-refractivity contribution is 9.10. The minimum Gasteiger partial charge on any atom is -0.490 e. The summed E-state index contributed by atoms with van der Waals surface area (Å²) in [5, 5.41) is 2.36. The third-order valence-electron chi connectivity index (χ3n) is 4.78. The lowest BCUT2D eigenvalue weighted by Crippen LogP contribution is -2.87. The maximum absolute atomic E-state index is 5.85. The molecule has 0 spiro atoms. The monoisotopic (exact) mass is 420 g/mol. The van der Waals surface area contributed by atoms with Crippen LogP contribution in [0.1, 0.15) is 36.6 Å².